The van der Waals surface area contributed by atoms with Crippen molar-refractivity contribution in [3.8, 4) is 0 Å². The van der Waals surface area contributed by atoms with Gasteiger partial charge >= 0.3 is 0 Å². The molecule has 58 valence electrons. The molecule has 0 heterocycles. The van der Waals surface area contributed by atoms with Gasteiger partial charge in [-0.05, 0) is 19.3 Å². The van der Waals surface area contributed by atoms with E-state index < -0.39 is 0 Å². The van der Waals surface area contributed by atoms with E-state index in [9.17, 15) is 0 Å². The molecule has 0 saturated heterocycles. The minimum Gasteiger partial charge on any atom is -0.242 e. The maximum Gasteiger partial charge on any atom is 0.0867 e. The van der Waals surface area contributed by atoms with E-state index in [1.807, 2.05) is 13.8 Å². The molecule has 0 atom stereocenters. The highest BCUT2D eigenvalue weighted by Gasteiger charge is 2.31. The van der Waals surface area contributed by atoms with Gasteiger partial charge in [0.05, 0.1) is 11.5 Å². The van der Waals surface area contributed by atoms with Crippen LogP contribution < -0.4 is 0 Å². The molecule has 0 aliphatic rings. The van der Waals surface area contributed by atoms with Crippen molar-refractivity contribution in [2.45, 2.75) is 40.2 Å². The molecule has 0 amide bonds. The molecule has 10 heavy (non-hydrogen) atoms. The summed E-state index contributed by atoms with van der Waals surface area (Å²) in [5, 5.41) is 6.72. The first-order valence-electron chi connectivity index (χ1n) is 3.45. The number of rotatable bonds is 1. The Kier molecular flexibility index (Phi) is 2.39. The summed E-state index contributed by atoms with van der Waals surface area (Å²) in [7, 11) is 0. The Morgan fingerprint density at radius 2 is 1.50 bits per heavy atom. The lowest BCUT2D eigenvalue weighted by atomic mass is 9.77. The molecule has 0 radical (unpaired) electrons. The minimum atomic E-state index is -0.186. The standard InChI is InChI=1S/C8H16N2/c1-7(2,3)8(4,5)10-6-9/h9H,1-5H3. The number of hydrogen-bond acceptors (Lipinski definition) is 2. The summed E-state index contributed by atoms with van der Waals surface area (Å²) in [6.45, 7) is 10.3. The van der Waals surface area contributed by atoms with Gasteiger partial charge in [0, 0.05) is 0 Å². The summed E-state index contributed by atoms with van der Waals surface area (Å²) in [6.07, 6.45) is 0. The van der Waals surface area contributed by atoms with Crippen LogP contribution >= 0.6 is 0 Å². The molecule has 0 aliphatic heterocycles. The quantitative estimate of drug-likeness (QED) is 0.543. The zero-order chi connectivity index (χ0) is 8.41. The van der Waals surface area contributed by atoms with Crippen molar-refractivity contribution in [2.75, 3.05) is 0 Å². The summed E-state index contributed by atoms with van der Waals surface area (Å²) < 4.78 is 0. The van der Waals surface area contributed by atoms with Gasteiger partial charge in [0.15, 0.2) is 0 Å². The molecule has 0 aromatic carbocycles. The normalized spacial score (nSPS) is 12.5. The number of nitrogens with one attached hydrogen (secondary N) is 1. The Morgan fingerprint density at radius 3 is 1.60 bits per heavy atom. The lowest BCUT2D eigenvalue weighted by Crippen LogP contribution is -2.34. The molecule has 2 nitrogen and oxygen atoms in total. The molecule has 0 unspecified atom stereocenters. The average molecular weight is 140 g/mol. The molecule has 1 N–H and O–H groups in total. The molecule has 0 aromatic rings. The smallest absolute Gasteiger partial charge is 0.0867 e. The van der Waals surface area contributed by atoms with Crippen LogP contribution in [0, 0.1) is 10.8 Å². The lowest BCUT2D eigenvalue weighted by Gasteiger charge is -2.33. The predicted molar refractivity (Wildman–Crippen MR) is 43.7 cm³/mol. The van der Waals surface area contributed by atoms with Crippen molar-refractivity contribution in [1.82, 2.24) is 0 Å². The van der Waals surface area contributed by atoms with E-state index in [-0.39, 0.29) is 11.0 Å². The van der Waals surface area contributed by atoms with Crippen LogP contribution in [-0.4, -0.2) is 11.5 Å². The molecule has 2 heteroatoms. The van der Waals surface area contributed by atoms with Gasteiger partial charge in [-0.3, -0.25) is 0 Å². The highest BCUT2D eigenvalue weighted by atomic mass is 14.9. The fourth-order valence-corrected chi connectivity index (χ4v) is 0.307. The lowest BCUT2D eigenvalue weighted by molar-refractivity contribution is 0.234. The van der Waals surface area contributed by atoms with Crippen LogP contribution in [0.2, 0.25) is 0 Å². The average Bonchev–Trinajstić information content (AvgIpc) is 1.61. The monoisotopic (exact) mass is 140 g/mol. The van der Waals surface area contributed by atoms with Crippen LogP contribution in [0.15, 0.2) is 4.99 Å². The van der Waals surface area contributed by atoms with Crippen LogP contribution in [-0.2, 0) is 0 Å². The third-order valence-corrected chi connectivity index (χ3v) is 2.17. The molecule has 0 rings (SSSR count). The van der Waals surface area contributed by atoms with Crippen molar-refractivity contribution in [1.29, 1.82) is 5.41 Å². The molecular weight excluding hydrogens is 124 g/mol. The first-order valence-corrected chi connectivity index (χ1v) is 3.45. The molecule has 0 aliphatic carbocycles. The molecule has 0 aromatic heterocycles. The van der Waals surface area contributed by atoms with Gasteiger partial charge < -0.3 is 0 Å². The van der Waals surface area contributed by atoms with Gasteiger partial charge in [-0.25, -0.2) is 10.4 Å². The minimum absolute atomic E-state index is 0.0983. The second-order valence-electron chi connectivity index (χ2n) is 4.03. The van der Waals surface area contributed by atoms with E-state index in [0.717, 1.165) is 0 Å². The van der Waals surface area contributed by atoms with Crippen molar-refractivity contribution in [3.63, 3.8) is 0 Å². The van der Waals surface area contributed by atoms with E-state index in [0.29, 0.717) is 0 Å². The molecule has 0 bridgehead atoms. The number of aliphatic imine (C=N–C) groups is 1. The summed E-state index contributed by atoms with van der Waals surface area (Å²) in [6, 6.07) is 2.09. The largest absolute Gasteiger partial charge is 0.242 e. The van der Waals surface area contributed by atoms with E-state index >= 15 is 0 Å². The predicted octanol–water partition coefficient (Wildman–Crippen LogP) is 2.56. The highest BCUT2D eigenvalue weighted by molar-refractivity contribution is 5.37. The van der Waals surface area contributed by atoms with E-state index in [4.69, 9.17) is 5.41 Å². The summed E-state index contributed by atoms with van der Waals surface area (Å²) >= 11 is 0. The van der Waals surface area contributed by atoms with Gasteiger partial charge in [0.2, 0.25) is 0 Å². The zero-order valence-electron chi connectivity index (χ0n) is 7.45. The van der Waals surface area contributed by atoms with Crippen molar-refractivity contribution in [2.24, 2.45) is 10.4 Å². The Hall–Kier alpha value is -0.620. The maximum absolute atomic E-state index is 6.72. The van der Waals surface area contributed by atoms with Gasteiger partial charge in [-0.1, -0.05) is 20.8 Å². The first-order chi connectivity index (χ1) is 4.31. The van der Waals surface area contributed by atoms with Crippen LogP contribution in [0.3, 0.4) is 0 Å². The fourth-order valence-electron chi connectivity index (χ4n) is 0.307. The van der Waals surface area contributed by atoms with Gasteiger partial charge in [0.1, 0.15) is 0 Å². The van der Waals surface area contributed by atoms with Crippen LogP contribution in [0.1, 0.15) is 34.6 Å². The highest BCUT2D eigenvalue weighted by Crippen LogP contribution is 2.32. The fraction of sp³-hybridized carbons (Fsp3) is 0.875. The SMILES string of the molecule is CC(C)(C)C(C)(C)N=C=N. The Labute approximate surface area is 62.9 Å². The van der Waals surface area contributed by atoms with Crippen LogP contribution in [0.5, 0.6) is 0 Å². The van der Waals surface area contributed by atoms with Gasteiger partial charge in [0.25, 0.3) is 0 Å². The van der Waals surface area contributed by atoms with Gasteiger partial charge in [-0.15, -0.1) is 0 Å². The topological polar surface area (TPSA) is 36.2 Å². The Balaban J connectivity index is 4.56. The van der Waals surface area contributed by atoms with Crippen molar-refractivity contribution < 1.29 is 0 Å². The molecule has 0 saturated carbocycles. The zero-order valence-corrected chi connectivity index (χ0v) is 7.45. The first kappa shape index (κ1) is 9.38. The molecule has 0 fully saturated rings. The van der Waals surface area contributed by atoms with Gasteiger partial charge in [-0.2, -0.15) is 0 Å². The number of nitrogens with zero attached hydrogens (tertiary/aromatic N) is 1. The molecule has 0 spiro atoms. The number of hydrogen-bond donors (Lipinski definition) is 1. The summed E-state index contributed by atoms with van der Waals surface area (Å²) in [5.74, 6) is 0. The Bertz CT molecular complexity index is 157. The second kappa shape index (κ2) is 2.55. The second-order valence-corrected chi connectivity index (χ2v) is 4.03. The van der Waals surface area contributed by atoms with Crippen molar-refractivity contribution in [3.05, 3.63) is 0 Å². The van der Waals surface area contributed by atoms with E-state index in [1.54, 1.807) is 0 Å². The van der Waals surface area contributed by atoms with Crippen LogP contribution in [0.4, 0.5) is 0 Å². The third kappa shape index (κ3) is 1.96. The van der Waals surface area contributed by atoms with E-state index in [2.05, 4.69) is 31.8 Å². The summed E-state index contributed by atoms with van der Waals surface area (Å²) in [4.78, 5) is 3.94. The van der Waals surface area contributed by atoms with Crippen molar-refractivity contribution >= 4 is 6.01 Å². The Morgan fingerprint density at radius 1 is 1.10 bits per heavy atom. The summed E-state index contributed by atoms with van der Waals surface area (Å²) in [5.41, 5.74) is -0.0875. The molecular formula is C8H16N2. The maximum atomic E-state index is 6.72. The third-order valence-electron chi connectivity index (χ3n) is 2.17. The van der Waals surface area contributed by atoms with E-state index in [1.165, 1.54) is 0 Å². The van der Waals surface area contributed by atoms with Crippen LogP contribution in [0.25, 0.3) is 0 Å².